The summed E-state index contributed by atoms with van der Waals surface area (Å²) >= 11 is 2.22. The van der Waals surface area contributed by atoms with Crippen LogP contribution in [0.5, 0.6) is 0 Å². The zero-order valence-corrected chi connectivity index (χ0v) is 6.14. The highest BCUT2D eigenvalue weighted by atomic mass is 127. The molecular formula is C5H7IO. The third-order valence-electron chi connectivity index (χ3n) is 1.40. The molecule has 0 unspecified atom stereocenters. The average Bonchev–Trinajstić information content (AvgIpc) is 1.61. The maximum atomic E-state index is 10.1. The molecule has 0 aromatic carbocycles. The molecule has 0 heterocycles. The van der Waals surface area contributed by atoms with Crippen LogP contribution in [0, 0.1) is 0 Å². The van der Waals surface area contributed by atoms with Crippen LogP contribution in [0.25, 0.3) is 0 Å². The minimum absolute atomic E-state index is 0.0533. The van der Waals surface area contributed by atoms with E-state index in [9.17, 15) is 4.79 Å². The minimum atomic E-state index is 0.0533. The fourth-order valence-corrected chi connectivity index (χ4v) is 1.40. The third-order valence-corrected chi connectivity index (χ3v) is 2.73. The number of aldehydes is 1. The zero-order chi connectivity index (χ0) is 5.33. The summed E-state index contributed by atoms with van der Waals surface area (Å²) in [6, 6.07) is 0. The lowest BCUT2D eigenvalue weighted by atomic mass is 9.87. The molecular weight excluding hydrogens is 203 g/mol. The van der Waals surface area contributed by atoms with Gasteiger partial charge in [0.25, 0.3) is 0 Å². The van der Waals surface area contributed by atoms with Crippen LogP contribution in [-0.4, -0.2) is 9.71 Å². The van der Waals surface area contributed by atoms with Gasteiger partial charge in [-0.2, -0.15) is 0 Å². The van der Waals surface area contributed by atoms with Crippen molar-refractivity contribution >= 4 is 28.9 Å². The van der Waals surface area contributed by atoms with Gasteiger partial charge in [-0.25, -0.2) is 0 Å². The summed E-state index contributed by atoms with van der Waals surface area (Å²) < 4.78 is 0.0533. The Hall–Kier alpha value is 0.400. The van der Waals surface area contributed by atoms with Gasteiger partial charge >= 0.3 is 0 Å². The van der Waals surface area contributed by atoms with E-state index in [0.717, 1.165) is 19.1 Å². The first-order chi connectivity index (χ1) is 3.27. The van der Waals surface area contributed by atoms with Gasteiger partial charge in [-0.3, -0.25) is 0 Å². The molecule has 1 saturated carbocycles. The first-order valence-corrected chi connectivity index (χ1v) is 3.50. The molecule has 0 atom stereocenters. The van der Waals surface area contributed by atoms with Gasteiger partial charge < -0.3 is 4.79 Å². The van der Waals surface area contributed by atoms with E-state index < -0.39 is 0 Å². The second kappa shape index (κ2) is 1.73. The molecule has 1 nitrogen and oxygen atoms in total. The first kappa shape index (κ1) is 5.54. The molecule has 0 N–H and O–H groups in total. The van der Waals surface area contributed by atoms with Gasteiger partial charge in [0, 0.05) is 0 Å². The van der Waals surface area contributed by atoms with Gasteiger partial charge in [-0.1, -0.05) is 22.6 Å². The fourth-order valence-electron chi connectivity index (χ4n) is 0.632. The molecule has 0 aromatic rings. The van der Waals surface area contributed by atoms with Gasteiger partial charge in [-0.15, -0.1) is 0 Å². The molecule has 0 aromatic heterocycles. The molecule has 2 heteroatoms. The number of carbonyl (C=O) groups is 1. The largest absolute Gasteiger partial charge is 0.302 e. The molecule has 1 aliphatic carbocycles. The van der Waals surface area contributed by atoms with Crippen LogP contribution < -0.4 is 0 Å². The zero-order valence-electron chi connectivity index (χ0n) is 3.98. The summed E-state index contributed by atoms with van der Waals surface area (Å²) in [6.45, 7) is 0. The van der Waals surface area contributed by atoms with Crippen LogP contribution in [0.15, 0.2) is 0 Å². The van der Waals surface area contributed by atoms with Crippen molar-refractivity contribution in [2.24, 2.45) is 0 Å². The molecule has 1 fully saturated rings. The highest BCUT2D eigenvalue weighted by Crippen LogP contribution is 2.38. The Kier molecular flexibility index (Phi) is 1.36. The molecule has 1 rings (SSSR count). The molecule has 0 spiro atoms. The van der Waals surface area contributed by atoms with Crippen molar-refractivity contribution in [3.63, 3.8) is 0 Å². The Balaban J connectivity index is 2.43. The number of hydrogen-bond acceptors (Lipinski definition) is 1. The van der Waals surface area contributed by atoms with Crippen molar-refractivity contribution in [1.82, 2.24) is 0 Å². The minimum Gasteiger partial charge on any atom is -0.302 e. The predicted octanol–water partition coefficient (Wildman–Crippen LogP) is 1.54. The van der Waals surface area contributed by atoms with Crippen LogP contribution in [0.1, 0.15) is 19.3 Å². The van der Waals surface area contributed by atoms with E-state index in [-0.39, 0.29) is 3.42 Å². The number of alkyl halides is 1. The standard InChI is InChI=1S/C5H7IO/c6-5(4-7)2-1-3-5/h4H,1-3H2. The number of carbonyl (C=O) groups excluding carboxylic acids is 1. The van der Waals surface area contributed by atoms with E-state index in [1.807, 2.05) is 0 Å². The summed E-state index contributed by atoms with van der Waals surface area (Å²) in [5.41, 5.74) is 0. The lowest BCUT2D eigenvalue weighted by Crippen LogP contribution is -2.30. The van der Waals surface area contributed by atoms with E-state index >= 15 is 0 Å². The predicted molar refractivity (Wildman–Crippen MR) is 36.7 cm³/mol. The van der Waals surface area contributed by atoms with Crippen LogP contribution >= 0.6 is 22.6 Å². The van der Waals surface area contributed by atoms with Gasteiger partial charge in [0.2, 0.25) is 0 Å². The lowest BCUT2D eigenvalue weighted by Gasteiger charge is -2.29. The summed E-state index contributed by atoms with van der Waals surface area (Å²) in [4.78, 5) is 10.1. The molecule has 40 valence electrons. The average molecular weight is 210 g/mol. The van der Waals surface area contributed by atoms with Crippen molar-refractivity contribution < 1.29 is 4.79 Å². The van der Waals surface area contributed by atoms with Crippen molar-refractivity contribution in [3.8, 4) is 0 Å². The van der Waals surface area contributed by atoms with Crippen molar-refractivity contribution in [1.29, 1.82) is 0 Å². The van der Waals surface area contributed by atoms with E-state index in [4.69, 9.17) is 0 Å². The number of hydrogen-bond donors (Lipinski definition) is 0. The summed E-state index contributed by atoms with van der Waals surface area (Å²) in [7, 11) is 0. The fraction of sp³-hybridized carbons (Fsp3) is 0.800. The Labute approximate surface area is 56.6 Å². The highest BCUT2D eigenvalue weighted by Gasteiger charge is 2.32. The molecule has 0 saturated heterocycles. The summed E-state index contributed by atoms with van der Waals surface area (Å²) in [6.07, 6.45) is 4.49. The molecule has 0 aliphatic heterocycles. The smallest absolute Gasteiger partial charge is 0.135 e. The molecule has 0 radical (unpaired) electrons. The normalized spacial score (nSPS) is 25.9. The Morgan fingerprint density at radius 3 is 2.14 bits per heavy atom. The maximum absolute atomic E-state index is 10.1. The van der Waals surface area contributed by atoms with Crippen molar-refractivity contribution in [3.05, 3.63) is 0 Å². The van der Waals surface area contributed by atoms with Crippen LogP contribution in [0.3, 0.4) is 0 Å². The quantitative estimate of drug-likeness (QED) is 0.364. The molecule has 7 heavy (non-hydrogen) atoms. The van der Waals surface area contributed by atoms with Crippen LogP contribution in [0.2, 0.25) is 0 Å². The Morgan fingerprint density at radius 2 is 2.14 bits per heavy atom. The molecule has 0 amide bonds. The van der Waals surface area contributed by atoms with Crippen LogP contribution in [-0.2, 0) is 4.79 Å². The van der Waals surface area contributed by atoms with Crippen molar-refractivity contribution in [2.45, 2.75) is 22.7 Å². The monoisotopic (exact) mass is 210 g/mol. The van der Waals surface area contributed by atoms with E-state index in [1.165, 1.54) is 6.42 Å². The van der Waals surface area contributed by atoms with E-state index in [2.05, 4.69) is 22.6 Å². The lowest BCUT2D eigenvalue weighted by molar-refractivity contribution is -0.110. The van der Waals surface area contributed by atoms with Gasteiger partial charge in [-0.05, 0) is 19.3 Å². The van der Waals surface area contributed by atoms with E-state index in [1.54, 1.807) is 0 Å². The maximum Gasteiger partial charge on any atom is 0.135 e. The highest BCUT2D eigenvalue weighted by molar-refractivity contribution is 14.1. The number of halogens is 1. The number of rotatable bonds is 1. The van der Waals surface area contributed by atoms with Crippen LogP contribution in [0.4, 0.5) is 0 Å². The Bertz CT molecular complexity index is 86.1. The van der Waals surface area contributed by atoms with Crippen molar-refractivity contribution in [2.75, 3.05) is 0 Å². The third kappa shape index (κ3) is 0.953. The SMILES string of the molecule is O=CC1(I)CCC1. The summed E-state index contributed by atoms with van der Waals surface area (Å²) in [5.74, 6) is 0. The molecule has 1 aliphatic rings. The Morgan fingerprint density at radius 1 is 1.57 bits per heavy atom. The van der Waals surface area contributed by atoms with Gasteiger partial charge in [0.1, 0.15) is 6.29 Å². The van der Waals surface area contributed by atoms with Gasteiger partial charge in [0.05, 0.1) is 3.42 Å². The summed E-state index contributed by atoms with van der Waals surface area (Å²) in [5, 5.41) is 0. The second-order valence-electron chi connectivity index (χ2n) is 2.01. The van der Waals surface area contributed by atoms with E-state index in [0.29, 0.717) is 0 Å². The first-order valence-electron chi connectivity index (χ1n) is 2.42. The topological polar surface area (TPSA) is 17.1 Å². The molecule has 0 bridgehead atoms. The second-order valence-corrected chi connectivity index (χ2v) is 4.15. The van der Waals surface area contributed by atoms with Gasteiger partial charge in [0.15, 0.2) is 0 Å².